The van der Waals surface area contributed by atoms with Crippen molar-refractivity contribution in [3.05, 3.63) is 84.7 Å². The second kappa shape index (κ2) is 7.75. The zero-order chi connectivity index (χ0) is 21.2. The van der Waals surface area contributed by atoms with E-state index in [9.17, 15) is 4.79 Å². The van der Waals surface area contributed by atoms with Crippen molar-refractivity contribution < 1.29 is 14.3 Å². The molecule has 31 heavy (non-hydrogen) atoms. The lowest BCUT2D eigenvalue weighted by Gasteiger charge is -2.10. The van der Waals surface area contributed by atoms with Crippen LogP contribution in [0, 0.1) is 0 Å². The third kappa shape index (κ3) is 3.51. The van der Waals surface area contributed by atoms with E-state index in [0.29, 0.717) is 34.3 Å². The largest absolute Gasteiger partial charge is 0.496 e. The minimum Gasteiger partial charge on any atom is -0.496 e. The van der Waals surface area contributed by atoms with Gasteiger partial charge in [-0.2, -0.15) is 0 Å². The molecule has 2 heterocycles. The molecule has 8 heteroatoms. The number of amides is 1. The first-order chi connectivity index (χ1) is 15.2. The fourth-order valence-electron chi connectivity index (χ4n) is 3.30. The maximum atomic E-state index is 12.6. The molecule has 0 atom stereocenters. The van der Waals surface area contributed by atoms with Crippen molar-refractivity contribution in [1.29, 1.82) is 0 Å². The van der Waals surface area contributed by atoms with Crippen molar-refractivity contribution >= 4 is 28.3 Å². The molecule has 0 saturated heterocycles. The summed E-state index contributed by atoms with van der Waals surface area (Å²) >= 11 is 0. The van der Waals surface area contributed by atoms with Crippen molar-refractivity contribution in [1.82, 2.24) is 19.6 Å². The molecule has 5 aromatic rings. The number of nitrogens with zero attached hydrogens (tertiary/aromatic N) is 4. The molecular formula is C23H17N5O3. The van der Waals surface area contributed by atoms with Gasteiger partial charge in [-0.05, 0) is 48.5 Å². The first-order valence-corrected chi connectivity index (χ1v) is 9.54. The number of hydrogen-bond acceptors (Lipinski definition) is 6. The van der Waals surface area contributed by atoms with Gasteiger partial charge < -0.3 is 14.8 Å². The predicted octanol–water partition coefficient (Wildman–Crippen LogP) is 4.33. The topological polar surface area (TPSA) is 90.6 Å². The van der Waals surface area contributed by atoms with E-state index in [0.717, 1.165) is 11.0 Å². The fraction of sp³-hybridized carbons (Fsp3) is 0.0435. The van der Waals surface area contributed by atoms with E-state index in [1.807, 2.05) is 34.7 Å². The fourth-order valence-corrected chi connectivity index (χ4v) is 3.30. The summed E-state index contributed by atoms with van der Waals surface area (Å²) in [6.45, 7) is 0. The van der Waals surface area contributed by atoms with E-state index in [1.165, 1.54) is 7.11 Å². The summed E-state index contributed by atoms with van der Waals surface area (Å²) in [4.78, 5) is 17.1. The zero-order valence-electron chi connectivity index (χ0n) is 16.5. The molecule has 5 rings (SSSR count). The molecule has 1 N–H and O–H groups in total. The van der Waals surface area contributed by atoms with Gasteiger partial charge in [-0.1, -0.05) is 24.3 Å². The van der Waals surface area contributed by atoms with Crippen LogP contribution in [-0.4, -0.2) is 32.6 Å². The average Bonchev–Trinajstić information content (AvgIpc) is 3.31. The summed E-state index contributed by atoms with van der Waals surface area (Å²) in [6.07, 6.45) is 1.63. The van der Waals surface area contributed by atoms with Gasteiger partial charge in [-0.3, -0.25) is 9.20 Å². The number of methoxy groups -OCH3 is 1. The van der Waals surface area contributed by atoms with Crippen molar-refractivity contribution in [2.45, 2.75) is 0 Å². The second-order valence-corrected chi connectivity index (χ2v) is 6.71. The highest BCUT2D eigenvalue weighted by molar-refractivity contribution is 6.06. The van der Waals surface area contributed by atoms with E-state index >= 15 is 0 Å². The summed E-state index contributed by atoms with van der Waals surface area (Å²) in [5.74, 6) is 1.16. The van der Waals surface area contributed by atoms with Gasteiger partial charge in [-0.25, -0.2) is 4.98 Å². The van der Waals surface area contributed by atoms with Crippen LogP contribution < -0.4 is 14.8 Å². The highest BCUT2D eigenvalue weighted by Crippen LogP contribution is 2.27. The third-order valence-electron chi connectivity index (χ3n) is 4.78. The smallest absolute Gasteiger partial charge is 0.266 e. The number of fused-ring (bicyclic) bond motifs is 3. The first kappa shape index (κ1) is 18.6. The summed E-state index contributed by atoms with van der Waals surface area (Å²) in [5.41, 5.74) is 3.27. The molecule has 1 amide bonds. The van der Waals surface area contributed by atoms with Crippen molar-refractivity contribution in [3.8, 4) is 17.4 Å². The summed E-state index contributed by atoms with van der Waals surface area (Å²) < 4.78 is 13.1. The Balaban J connectivity index is 1.38. The number of hydrogen-bond donors (Lipinski definition) is 1. The molecule has 0 aliphatic heterocycles. The molecule has 0 unspecified atom stereocenters. The molecule has 0 saturated carbocycles. The van der Waals surface area contributed by atoms with E-state index < -0.39 is 0 Å². The van der Waals surface area contributed by atoms with Crippen LogP contribution in [0.5, 0.6) is 17.4 Å². The lowest BCUT2D eigenvalue weighted by atomic mass is 10.2. The number of para-hydroxylation sites is 3. The van der Waals surface area contributed by atoms with Crippen molar-refractivity contribution in [3.63, 3.8) is 0 Å². The molecule has 152 valence electrons. The Morgan fingerprint density at radius 2 is 1.74 bits per heavy atom. The molecule has 0 aliphatic carbocycles. The number of benzene rings is 3. The standard InChI is InChI=1S/C23H17N5O3/c1-30-20-9-5-2-6-17(20)22(29)25-15-10-12-16(13-11-15)31-23-21-27-24-14-28(21)19-8-4-3-7-18(19)26-23/h2-14H,1H3,(H,25,29). The Labute approximate surface area is 177 Å². The van der Waals surface area contributed by atoms with Crippen LogP contribution in [0.1, 0.15) is 10.4 Å². The van der Waals surface area contributed by atoms with E-state index in [-0.39, 0.29) is 5.91 Å². The van der Waals surface area contributed by atoms with Gasteiger partial charge in [0.1, 0.15) is 17.8 Å². The number of anilines is 1. The number of aromatic nitrogens is 4. The highest BCUT2D eigenvalue weighted by Gasteiger charge is 2.14. The molecule has 0 aliphatic rings. The molecular weight excluding hydrogens is 394 g/mol. The summed E-state index contributed by atoms with van der Waals surface area (Å²) in [6, 6.07) is 21.8. The van der Waals surface area contributed by atoms with E-state index in [1.54, 1.807) is 48.8 Å². The third-order valence-corrected chi connectivity index (χ3v) is 4.78. The lowest BCUT2D eigenvalue weighted by Crippen LogP contribution is -2.13. The first-order valence-electron chi connectivity index (χ1n) is 9.54. The van der Waals surface area contributed by atoms with Crippen LogP contribution in [0.25, 0.3) is 16.7 Å². The maximum Gasteiger partial charge on any atom is 0.266 e. The number of ether oxygens (including phenoxy) is 2. The Morgan fingerprint density at radius 1 is 0.968 bits per heavy atom. The minimum absolute atomic E-state index is 0.257. The van der Waals surface area contributed by atoms with Gasteiger partial charge in [-0.15, -0.1) is 10.2 Å². The molecule has 0 fully saturated rings. The van der Waals surface area contributed by atoms with Crippen molar-refractivity contribution in [2.75, 3.05) is 12.4 Å². The summed E-state index contributed by atoms with van der Waals surface area (Å²) in [5, 5.41) is 11.0. The van der Waals surface area contributed by atoms with Gasteiger partial charge in [0, 0.05) is 5.69 Å². The Kier molecular flexibility index (Phi) is 4.64. The molecule has 8 nitrogen and oxygen atoms in total. The monoisotopic (exact) mass is 411 g/mol. The molecule has 2 aromatic heterocycles. The lowest BCUT2D eigenvalue weighted by molar-refractivity contribution is 0.102. The Morgan fingerprint density at radius 3 is 2.58 bits per heavy atom. The van der Waals surface area contributed by atoms with E-state index in [2.05, 4.69) is 20.5 Å². The Bertz CT molecular complexity index is 1400. The van der Waals surface area contributed by atoms with Gasteiger partial charge in [0.25, 0.3) is 11.8 Å². The van der Waals surface area contributed by atoms with Gasteiger partial charge in [0.2, 0.25) is 5.65 Å². The minimum atomic E-state index is -0.257. The predicted molar refractivity (Wildman–Crippen MR) is 116 cm³/mol. The number of rotatable bonds is 5. The van der Waals surface area contributed by atoms with Gasteiger partial charge >= 0.3 is 0 Å². The van der Waals surface area contributed by atoms with Crippen LogP contribution >= 0.6 is 0 Å². The Hall–Kier alpha value is -4.46. The summed E-state index contributed by atoms with van der Waals surface area (Å²) in [7, 11) is 1.53. The second-order valence-electron chi connectivity index (χ2n) is 6.71. The zero-order valence-corrected chi connectivity index (χ0v) is 16.5. The quantitative estimate of drug-likeness (QED) is 0.463. The molecule has 0 bridgehead atoms. The SMILES string of the molecule is COc1ccccc1C(=O)Nc1ccc(Oc2nc3ccccc3n3cnnc23)cc1. The number of carbonyl (C=O) groups excluding carboxylic acids is 1. The number of nitrogens with one attached hydrogen (secondary N) is 1. The van der Waals surface area contributed by atoms with Gasteiger partial charge in [0.05, 0.1) is 23.7 Å². The molecule has 0 radical (unpaired) electrons. The van der Waals surface area contributed by atoms with Crippen molar-refractivity contribution in [2.24, 2.45) is 0 Å². The maximum absolute atomic E-state index is 12.6. The highest BCUT2D eigenvalue weighted by atomic mass is 16.5. The van der Waals surface area contributed by atoms with Crippen LogP contribution in [0.15, 0.2) is 79.1 Å². The van der Waals surface area contributed by atoms with E-state index in [4.69, 9.17) is 9.47 Å². The molecule has 3 aromatic carbocycles. The van der Waals surface area contributed by atoms with Crippen LogP contribution in [0.3, 0.4) is 0 Å². The van der Waals surface area contributed by atoms with Gasteiger partial charge in [0.15, 0.2) is 0 Å². The normalized spacial score (nSPS) is 10.9. The van der Waals surface area contributed by atoms with Crippen LogP contribution in [-0.2, 0) is 0 Å². The molecule has 0 spiro atoms. The average molecular weight is 411 g/mol. The van der Waals surface area contributed by atoms with Crippen LogP contribution in [0.2, 0.25) is 0 Å². The van der Waals surface area contributed by atoms with Crippen LogP contribution in [0.4, 0.5) is 5.69 Å². The number of carbonyl (C=O) groups is 1.